The fourth-order valence-corrected chi connectivity index (χ4v) is 3.37. The standard InChI is InChI=1S/C15H16N4O4S/c1-9(2)24(21,22)19-12-8-10(5-6-11(12)18-15(19)16)17-14(20)13-4-3-7-23-13/h3-9H,1-2H3,(H2,16,18)(H,17,20). The fourth-order valence-electron chi connectivity index (χ4n) is 2.23. The smallest absolute Gasteiger partial charge is 0.291 e. The maximum absolute atomic E-state index is 12.5. The summed E-state index contributed by atoms with van der Waals surface area (Å²) in [6, 6.07) is 7.85. The van der Waals surface area contributed by atoms with Gasteiger partial charge in [0.05, 0.1) is 22.5 Å². The minimum Gasteiger partial charge on any atom is -0.459 e. The number of hydrogen-bond donors (Lipinski definition) is 2. The van der Waals surface area contributed by atoms with Crippen molar-refractivity contribution in [2.45, 2.75) is 19.1 Å². The van der Waals surface area contributed by atoms with Crippen molar-refractivity contribution in [2.75, 3.05) is 11.1 Å². The monoisotopic (exact) mass is 348 g/mol. The molecule has 3 N–H and O–H groups in total. The highest BCUT2D eigenvalue weighted by Gasteiger charge is 2.24. The van der Waals surface area contributed by atoms with Crippen LogP contribution in [-0.2, 0) is 10.0 Å². The van der Waals surface area contributed by atoms with E-state index in [4.69, 9.17) is 10.2 Å². The highest BCUT2D eigenvalue weighted by Crippen LogP contribution is 2.25. The van der Waals surface area contributed by atoms with Gasteiger partial charge in [-0.2, -0.15) is 0 Å². The van der Waals surface area contributed by atoms with Crippen LogP contribution >= 0.6 is 0 Å². The van der Waals surface area contributed by atoms with E-state index < -0.39 is 21.2 Å². The van der Waals surface area contributed by atoms with Crippen molar-refractivity contribution >= 4 is 38.6 Å². The maximum Gasteiger partial charge on any atom is 0.291 e. The number of imidazole rings is 1. The number of aromatic nitrogens is 2. The molecule has 0 aliphatic heterocycles. The SMILES string of the molecule is CC(C)S(=O)(=O)n1c(N)nc2ccc(NC(=O)c3ccco3)cc21. The predicted octanol–water partition coefficient (Wildman–Crippen LogP) is 2.05. The topological polar surface area (TPSA) is 120 Å². The maximum atomic E-state index is 12.5. The molecule has 2 aromatic heterocycles. The van der Waals surface area contributed by atoms with E-state index in [-0.39, 0.29) is 11.7 Å². The van der Waals surface area contributed by atoms with Crippen molar-refractivity contribution < 1.29 is 17.6 Å². The number of rotatable bonds is 4. The summed E-state index contributed by atoms with van der Waals surface area (Å²) in [5.41, 5.74) is 6.91. The zero-order chi connectivity index (χ0) is 17.5. The van der Waals surface area contributed by atoms with Gasteiger partial charge >= 0.3 is 0 Å². The quantitative estimate of drug-likeness (QED) is 0.744. The molecule has 2 heterocycles. The van der Waals surface area contributed by atoms with Crippen molar-refractivity contribution in [1.82, 2.24) is 8.96 Å². The molecule has 0 radical (unpaired) electrons. The van der Waals surface area contributed by atoms with Crippen molar-refractivity contribution in [1.29, 1.82) is 0 Å². The van der Waals surface area contributed by atoms with Crippen LogP contribution in [0.5, 0.6) is 0 Å². The van der Waals surface area contributed by atoms with E-state index in [0.717, 1.165) is 3.97 Å². The molecule has 0 aliphatic carbocycles. The first-order valence-electron chi connectivity index (χ1n) is 7.18. The van der Waals surface area contributed by atoms with E-state index >= 15 is 0 Å². The van der Waals surface area contributed by atoms with Crippen molar-refractivity contribution in [3.05, 3.63) is 42.4 Å². The molecule has 8 nitrogen and oxygen atoms in total. The van der Waals surface area contributed by atoms with Gasteiger partial charge in [0.15, 0.2) is 5.76 Å². The Bertz CT molecular complexity index is 1000. The number of amides is 1. The molecule has 126 valence electrons. The Morgan fingerprint density at radius 3 is 2.71 bits per heavy atom. The second-order valence-electron chi connectivity index (χ2n) is 5.46. The molecule has 0 fully saturated rings. The Labute approximate surface area is 138 Å². The Kier molecular flexibility index (Phi) is 3.80. The van der Waals surface area contributed by atoms with E-state index in [1.165, 1.54) is 18.4 Å². The second-order valence-corrected chi connectivity index (χ2v) is 7.80. The number of benzene rings is 1. The van der Waals surface area contributed by atoms with Crippen LogP contribution in [0, 0.1) is 0 Å². The number of hydrogen-bond acceptors (Lipinski definition) is 6. The molecule has 0 spiro atoms. The molecule has 3 aromatic rings. The summed E-state index contributed by atoms with van der Waals surface area (Å²) in [5.74, 6) is -0.406. The van der Waals surface area contributed by atoms with Crippen LogP contribution < -0.4 is 11.1 Å². The van der Waals surface area contributed by atoms with Crippen molar-refractivity contribution in [3.63, 3.8) is 0 Å². The minimum absolute atomic E-state index is 0.117. The lowest BCUT2D eigenvalue weighted by Crippen LogP contribution is -2.23. The molecule has 0 aliphatic rings. The largest absolute Gasteiger partial charge is 0.459 e. The molecule has 0 atom stereocenters. The van der Waals surface area contributed by atoms with Crippen LogP contribution in [0.3, 0.4) is 0 Å². The molecular weight excluding hydrogens is 332 g/mol. The number of nitrogens with two attached hydrogens (primary N) is 1. The summed E-state index contributed by atoms with van der Waals surface area (Å²) in [4.78, 5) is 16.1. The van der Waals surface area contributed by atoms with Gasteiger partial charge in [-0.1, -0.05) is 0 Å². The number of nitrogens with zero attached hydrogens (tertiary/aromatic N) is 2. The third-order valence-corrected chi connectivity index (χ3v) is 5.57. The lowest BCUT2D eigenvalue weighted by Gasteiger charge is -2.11. The summed E-state index contributed by atoms with van der Waals surface area (Å²) in [5, 5.41) is 1.98. The molecule has 1 amide bonds. The number of furan rings is 1. The molecule has 9 heteroatoms. The molecule has 0 bridgehead atoms. The molecule has 0 saturated heterocycles. The van der Waals surface area contributed by atoms with Crippen LogP contribution in [0.25, 0.3) is 11.0 Å². The zero-order valence-electron chi connectivity index (χ0n) is 13.1. The number of carbonyl (C=O) groups is 1. The van der Waals surface area contributed by atoms with Gasteiger partial charge in [-0.05, 0) is 44.2 Å². The Morgan fingerprint density at radius 1 is 1.33 bits per heavy atom. The summed E-state index contributed by atoms with van der Waals surface area (Å²) < 4.78 is 31.0. The van der Waals surface area contributed by atoms with Crippen molar-refractivity contribution in [2.24, 2.45) is 0 Å². The number of carbonyl (C=O) groups excluding carboxylic acids is 1. The van der Waals surface area contributed by atoms with E-state index in [2.05, 4.69) is 10.3 Å². The molecule has 0 saturated carbocycles. The van der Waals surface area contributed by atoms with Gasteiger partial charge < -0.3 is 15.5 Å². The zero-order valence-corrected chi connectivity index (χ0v) is 13.9. The summed E-state index contributed by atoms with van der Waals surface area (Å²) in [6.45, 7) is 3.12. The summed E-state index contributed by atoms with van der Waals surface area (Å²) in [7, 11) is -3.68. The highest BCUT2D eigenvalue weighted by atomic mass is 32.2. The Morgan fingerprint density at radius 2 is 2.08 bits per heavy atom. The van der Waals surface area contributed by atoms with Gasteiger partial charge in [0.1, 0.15) is 0 Å². The number of fused-ring (bicyclic) bond motifs is 1. The molecular formula is C15H16N4O4S. The Balaban J connectivity index is 2.06. The van der Waals surface area contributed by atoms with Gasteiger partial charge in [-0.25, -0.2) is 17.4 Å². The summed E-state index contributed by atoms with van der Waals surface area (Å²) >= 11 is 0. The average molecular weight is 348 g/mol. The van der Waals surface area contributed by atoms with E-state index in [1.54, 1.807) is 32.0 Å². The van der Waals surface area contributed by atoms with Crippen molar-refractivity contribution in [3.8, 4) is 0 Å². The van der Waals surface area contributed by atoms with Crippen LogP contribution in [0.15, 0.2) is 41.0 Å². The third kappa shape index (κ3) is 2.62. The normalized spacial score (nSPS) is 12.0. The average Bonchev–Trinajstić information content (AvgIpc) is 3.13. The van der Waals surface area contributed by atoms with E-state index in [0.29, 0.717) is 16.7 Å². The third-order valence-electron chi connectivity index (χ3n) is 3.49. The van der Waals surface area contributed by atoms with E-state index in [1.807, 2.05) is 0 Å². The molecule has 0 unspecified atom stereocenters. The van der Waals surface area contributed by atoms with Gasteiger partial charge in [0.25, 0.3) is 5.91 Å². The predicted molar refractivity (Wildman–Crippen MR) is 90.3 cm³/mol. The highest BCUT2D eigenvalue weighted by molar-refractivity contribution is 7.90. The van der Waals surface area contributed by atoms with Gasteiger partial charge in [-0.3, -0.25) is 4.79 Å². The van der Waals surface area contributed by atoms with Crippen LogP contribution in [-0.4, -0.2) is 28.5 Å². The van der Waals surface area contributed by atoms with Gasteiger partial charge in [-0.15, -0.1) is 0 Å². The molecule has 1 aromatic carbocycles. The van der Waals surface area contributed by atoms with E-state index in [9.17, 15) is 13.2 Å². The number of nitrogen functional groups attached to an aromatic ring is 1. The van der Waals surface area contributed by atoms with Crippen LogP contribution in [0.2, 0.25) is 0 Å². The van der Waals surface area contributed by atoms with Gasteiger partial charge in [0, 0.05) is 5.69 Å². The van der Waals surface area contributed by atoms with Gasteiger partial charge in [0.2, 0.25) is 16.0 Å². The first kappa shape index (κ1) is 16.1. The minimum atomic E-state index is -3.68. The lowest BCUT2D eigenvalue weighted by atomic mass is 10.2. The lowest BCUT2D eigenvalue weighted by molar-refractivity contribution is 0.0996. The summed E-state index contributed by atoms with van der Waals surface area (Å²) in [6.07, 6.45) is 1.39. The second kappa shape index (κ2) is 5.68. The molecule has 3 rings (SSSR count). The molecule has 24 heavy (non-hydrogen) atoms. The first-order chi connectivity index (χ1) is 11.3. The fraction of sp³-hybridized carbons (Fsp3) is 0.200. The Hall–Kier alpha value is -2.81. The number of nitrogens with one attached hydrogen (secondary N) is 1. The number of anilines is 2. The van der Waals surface area contributed by atoms with Crippen LogP contribution in [0.1, 0.15) is 24.4 Å². The van der Waals surface area contributed by atoms with Crippen LogP contribution in [0.4, 0.5) is 11.6 Å². The first-order valence-corrected chi connectivity index (χ1v) is 8.68.